The molecule has 20 heavy (non-hydrogen) atoms. The van der Waals surface area contributed by atoms with E-state index in [0.29, 0.717) is 6.54 Å². The first-order valence-corrected chi connectivity index (χ1v) is 8.25. The smallest absolute Gasteiger partial charge is 0.262 e. The van der Waals surface area contributed by atoms with E-state index in [1.54, 1.807) is 4.57 Å². The molecule has 0 bridgehead atoms. The lowest BCUT2D eigenvalue weighted by Crippen LogP contribution is -2.44. The largest absolute Gasteiger partial charge is 0.387 e. The molecule has 0 amide bonds. The van der Waals surface area contributed by atoms with Gasteiger partial charge in [0.1, 0.15) is 5.84 Å². The van der Waals surface area contributed by atoms with Crippen molar-refractivity contribution < 1.29 is 8.42 Å². The second kappa shape index (κ2) is 5.92. The zero-order valence-corrected chi connectivity index (χ0v) is 12.4. The average Bonchev–Trinajstić information content (AvgIpc) is 3.06. The predicted molar refractivity (Wildman–Crippen MR) is 76.0 cm³/mol. The molecule has 1 aromatic rings. The number of amidine groups is 1. The Morgan fingerprint density at radius 3 is 2.70 bits per heavy atom. The van der Waals surface area contributed by atoms with E-state index in [0.717, 1.165) is 25.7 Å². The van der Waals surface area contributed by atoms with E-state index in [4.69, 9.17) is 11.1 Å². The van der Waals surface area contributed by atoms with Crippen molar-refractivity contribution in [3.05, 3.63) is 12.5 Å². The summed E-state index contributed by atoms with van der Waals surface area (Å²) in [5, 5.41) is 7.45. The number of nitrogens with zero attached hydrogens (tertiary/aromatic N) is 3. The van der Waals surface area contributed by atoms with Crippen LogP contribution in [-0.2, 0) is 16.6 Å². The number of aryl methyl sites for hydroxylation is 1. The zero-order valence-electron chi connectivity index (χ0n) is 11.6. The number of sulfonamides is 1. The Morgan fingerprint density at radius 2 is 2.20 bits per heavy atom. The van der Waals surface area contributed by atoms with Crippen molar-refractivity contribution >= 4 is 15.9 Å². The highest BCUT2D eigenvalue weighted by Crippen LogP contribution is 2.27. The molecule has 1 saturated carbocycles. The summed E-state index contributed by atoms with van der Waals surface area (Å²) in [5.74, 6) is -0.143. The molecule has 3 N–H and O–H groups in total. The standard InChI is InChI=1S/C12H21N5O2S/c1-2-16-8-12(15-9-16)20(18,19)17(7-11(13)14)10-5-3-4-6-10/h8-10H,2-7H2,1H3,(H3,13,14). The fourth-order valence-corrected chi connectivity index (χ4v) is 4.14. The monoisotopic (exact) mass is 299 g/mol. The zero-order chi connectivity index (χ0) is 14.8. The van der Waals surface area contributed by atoms with Gasteiger partial charge in [-0.25, -0.2) is 13.4 Å². The van der Waals surface area contributed by atoms with Gasteiger partial charge in [0, 0.05) is 18.8 Å². The molecule has 1 aromatic heterocycles. The molecule has 1 fully saturated rings. The van der Waals surface area contributed by atoms with Crippen molar-refractivity contribution in [1.82, 2.24) is 13.9 Å². The summed E-state index contributed by atoms with van der Waals surface area (Å²) in [4.78, 5) is 3.98. The van der Waals surface area contributed by atoms with E-state index in [-0.39, 0.29) is 23.4 Å². The minimum atomic E-state index is -3.69. The van der Waals surface area contributed by atoms with Crippen LogP contribution in [0.3, 0.4) is 0 Å². The molecule has 1 aliphatic rings. The van der Waals surface area contributed by atoms with E-state index in [2.05, 4.69) is 4.98 Å². The summed E-state index contributed by atoms with van der Waals surface area (Å²) in [7, 11) is -3.69. The van der Waals surface area contributed by atoms with Gasteiger partial charge in [-0.05, 0) is 19.8 Å². The fourth-order valence-electron chi connectivity index (χ4n) is 2.54. The van der Waals surface area contributed by atoms with Crippen molar-refractivity contribution in [3.8, 4) is 0 Å². The van der Waals surface area contributed by atoms with E-state index in [9.17, 15) is 8.42 Å². The van der Waals surface area contributed by atoms with Crippen LogP contribution in [0.15, 0.2) is 17.6 Å². The van der Waals surface area contributed by atoms with Gasteiger partial charge in [0.05, 0.1) is 12.9 Å². The highest BCUT2D eigenvalue weighted by Gasteiger charge is 2.34. The Bertz CT molecular complexity index is 574. The molecule has 112 valence electrons. The Labute approximate surface area is 119 Å². The van der Waals surface area contributed by atoms with Gasteiger partial charge >= 0.3 is 0 Å². The van der Waals surface area contributed by atoms with Crippen molar-refractivity contribution in [2.45, 2.75) is 50.2 Å². The number of hydrogen-bond donors (Lipinski definition) is 2. The number of aromatic nitrogens is 2. The Hall–Kier alpha value is -1.41. The van der Waals surface area contributed by atoms with Gasteiger partial charge in [0.25, 0.3) is 10.0 Å². The van der Waals surface area contributed by atoms with Gasteiger partial charge in [-0.3, -0.25) is 5.41 Å². The van der Waals surface area contributed by atoms with Gasteiger partial charge < -0.3 is 10.3 Å². The number of imidazole rings is 1. The number of hydrogen-bond acceptors (Lipinski definition) is 4. The molecule has 0 aliphatic heterocycles. The van der Waals surface area contributed by atoms with Crippen molar-refractivity contribution in [3.63, 3.8) is 0 Å². The molecule has 2 rings (SSSR count). The van der Waals surface area contributed by atoms with Crippen molar-refractivity contribution in [1.29, 1.82) is 5.41 Å². The molecule has 8 heteroatoms. The van der Waals surface area contributed by atoms with Crippen LogP contribution >= 0.6 is 0 Å². The maximum Gasteiger partial charge on any atom is 0.262 e. The highest BCUT2D eigenvalue weighted by atomic mass is 32.2. The molecule has 1 heterocycles. The third-order valence-electron chi connectivity index (χ3n) is 3.61. The SMILES string of the molecule is CCn1cnc(S(=O)(=O)N(CC(=N)N)C2CCCC2)c1. The van der Waals surface area contributed by atoms with Crippen molar-refractivity contribution in [2.24, 2.45) is 5.73 Å². The first kappa shape index (κ1) is 15.0. The lowest BCUT2D eigenvalue weighted by molar-refractivity contribution is 0.352. The minimum absolute atomic E-state index is 0.0347. The third-order valence-corrected chi connectivity index (χ3v) is 5.39. The summed E-state index contributed by atoms with van der Waals surface area (Å²) in [6.07, 6.45) is 6.70. The molecule has 7 nitrogen and oxygen atoms in total. The number of nitrogens with two attached hydrogens (primary N) is 1. The van der Waals surface area contributed by atoms with Crippen LogP contribution in [0.5, 0.6) is 0 Å². The summed E-state index contributed by atoms with van der Waals surface area (Å²) in [6, 6.07) is -0.0734. The predicted octanol–water partition coefficient (Wildman–Crippen LogP) is 0.772. The number of nitrogens with one attached hydrogen (secondary N) is 1. The second-order valence-corrected chi connectivity index (χ2v) is 6.89. The van der Waals surface area contributed by atoms with Gasteiger partial charge in [-0.2, -0.15) is 4.31 Å². The second-order valence-electron chi connectivity index (χ2n) is 5.06. The van der Waals surface area contributed by atoms with E-state index >= 15 is 0 Å². The Kier molecular flexibility index (Phi) is 4.44. The molecular weight excluding hydrogens is 278 g/mol. The maximum atomic E-state index is 12.7. The van der Waals surface area contributed by atoms with Crippen LogP contribution in [0.1, 0.15) is 32.6 Å². The van der Waals surface area contributed by atoms with Gasteiger partial charge in [0.15, 0.2) is 5.03 Å². The maximum absolute atomic E-state index is 12.7. The van der Waals surface area contributed by atoms with Crippen LogP contribution in [0.2, 0.25) is 0 Å². The molecule has 0 aromatic carbocycles. The summed E-state index contributed by atoms with van der Waals surface area (Å²) < 4.78 is 28.4. The van der Waals surface area contributed by atoms with Gasteiger partial charge in [-0.15, -0.1) is 0 Å². The van der Waals surface area contributed by atoms with Crippen LogP contribution in [0.4, 0.5) is 0 Å². The Balaban J connectivity index is 2.32. The Morgan fingerprint density at radius 1 is 1.55 bits per heavy atom. The lowest BCUT2D eigenvalue weighted by Gasteiger charge is -2.26. The summed E-state index contributed by atoms with van der Waals surface area (Å²) >= 11 is 0. The van der Waals surface area contributed by atoms with Gasteiger partial charge in [-0.1, -0.05) is 12.8 Å². The summed E-state index contributed by atoms with van der Waals surface area (Å²) in [5.41, 5.74) is 5.42. The average molecular weight is 299 g/mol. The third kappa shape index (κ3) is 3.01. The first-order chi connectivity index (χ1) is 9.45. The van der Waals surface area contributed by atoms with E-state index in [1.807, 2.05) is 6.92 Å². The molecule has 0 unspecified atom stereocenters. The highest BCUT2D eigenvalue weighted by molar-refractivity contribution is 7.89. The first-order valence-electron chi connectivity index (χ1n) is 6.81. The molecule has 0 radical (unpaired) electrons. The fraction of sp³-hybridized carbons (Fsp3) is 0.667. The van der Waals surface area contributed by atoms with Crippen LogP contribution in [0.25, 0.3) is 0 Å². The molecule has 0 spiro atoms. The number of rotatable bonds is 6. The molecule has 1 aliphatic carbocycles. The van der Waals surface area contributed by atoms with Crippen LogP contribution in [-0.4, -0.2) is 40.7 Å². The quantitative estimate of drug-likeness (QED) is 0.598. The normalized spacial score (nSPS) is 16.9. The lowest BCUT2D eigenvalue weighted by atomic mass is 10.2. The van der Waals surface area contributed by atoms with Crippen LogP contribution < -0.4 is 5.73 Å². The van der Waals surface area contributed by atoms with Crippen molar-refractivity contribution in [2.75, 3.05) is 6.54 Å². The van der Waals surface area contributed by atoms with E-state index in [1.165, 1.54) is 16.8 Å². The topological polar surface area (TPSA) is 105 Å². The molecule has 0 saturated heterocycles. The van der Waals surface area contributed by atoms with Crippen LogP contribution in [0, 0.1) is 5.41 Å². The van der Waals surface area contributed by atoms with Gasteiger partial charge in [0.2, 0.25) is 0 Å². The molecule has 0 atom stereocenters. The summed E-state index contributed by atoms with van der Waals surface area (Å²) in [6.45, 7) is 2.52. The molecular formula is C12H21N5O2S. The minimum Gasteiger partial charge on any atom is -0.387 e. The van der Waals surface area contributed by atoms with E-state index < -0.39 is 10.0 Å².